The number of likely N-dealkylation sites (N-methyl/N-ethyl adjacent to an activating group) is 1. The fourth-order valence-corrected chi connectivity index (χ4v) is 4.94. The number of carbonyl (C=O) groups is 1. The molecule has 1 aromatic heterocycles. The zero-order valence-corrected chi connectivity index (χ0v) is 20.0. The SMILES string of the molecule is CCN1CCN([C@@H](c2ccccc2Cl)c2oc3ccccc3c2NC(=O)c2ccccc2)CC1. The van der Waals surface area contributed by atoms with Crippen molar-refractivity contribution in [3.05, 3.63) is 101 Å². The lowest BCUT2D eigenvalue weighted by atomic mass is 9.99. The molecular formula is C28H28ClN3O2. The van der Waals surface area contributed by atoms with Crippen molar-refractivity contribution in [2.24, 2.45) is 0 Å². The van der Waals surface area contributed by atoms with Crippen molar-refractivity contribution in [1.29, 1.82) is 0 Å². The molecule has 5 rings (SSSR count). The van der Waals surface area contributed by atoms with Gasteiger partial charge in [-0.2, -0.15) is 0 Å². The van der Waals surface area contributed by atoms with Gasteiger partial charge in [0, 0.05) is 42.2 Å². The summed E-state index contributed by atoms with van der Waals surface area (Å²) in [6.07, 6.45) is 0. The molecule has 1 amide bonds. The fourth-order valence-electron chi connectivity index (χ4n) is 4.70. The molecule has 0 bridgehead atoms. The highest BCUT2D eigenvalue weighted by Gasteiger charge is 2.33. The van der Waals surface area contributed by atoms with Crippen molar-refractivity contribution in [2.75, 3.05) is 38.0 Å². The van der Waals surface area contributed by atoms with E-state index in [1.807, 2.05) is 72.8 Å². The Kier molecular flexibility index (Phi) is 6.68. The van der Waals surface area contributed by atoms with E-state index in [2.05, 4.69) is 28.1 Å². The van der Waals surface area contributed by atoms with Crippen LogP contribution in [0.4, 0.5) is 5.69 Å². The van der Waals surface area contributed by atoms with E-state index >= 15 is 0 Å². The number of rotatable bonds is 6. The van der Waals surface area contributed by atoms with E-state index in [4.69, 9.17) is 16.0 Å². The van der Waals surface area contributed by atoms with Crippen LogP contribution < -0.4 is 5.32 Å². The van der Waals surface area contributed by atoms with Gasteiger partial charge in [-0.15, -0.1) is 0 Å². The van der Waals surface area contributed by atoms with Crippen molar-refractivity contribution >= 4 is 34.2 Å². The first-order valence-electron chi connectivity index (χ1n) is 11.7. The molecule has 174 valence electrons. The Labute approximate surface area is 204 Å². The zero-order chi connectivity index (χ0) is 23.5. The molecule has 5 nitrogen and oxygen atoms in total. The normalized spacial score (nSPS) is 15.9. The van der Waals surface area contributed by atoms with Crippen molar-refractivity contribution in [3.8, 4) is 0 Å². The number of amides is 1. The van der Waals surface area contributed by atoms with Gasteiger partial charge in [0.15, 0.2) is 5.76 Å². The third-order valence-corrected chi connectivity index (χ3v) is 6.91. The lowest BCUT2D eigenvalue weighted by Crippen LogP contribution is -2.47. The maximum absolute atomic E-state index is 13.2. The molecule has 1 atom stereocenters. The van der Waals surface area contributed by atoms with Gasteiger partial charge >= 0.3 is 0 Å². The average molecular weight is 474 g/mol. The summed E-state index contributed by atoms with van der Waals surface area (Å²) < 4.78 is 6.49. The van der Waals surface area contributed by atoms with Crippen LogP contribution in [0.2, 0.25) is 5.02 Å². The summed E-state index contributed by atoms with van der Waals surface area (Å²) in [5.41, 5.74) is 3.02. The van der Waals surface area contributed by atoms with Crippen LogP contribution in [0.1, 0.15) is 34.6 Å². The van der Waals surface area contributed by atoms with E-state index in [9.17, 15) is 4.79 Å². The van der Waals surface area contributed by atoms with Crippen molar-refractivity contribution in [2.45, 2.75) is 13.0 Å². The quantitative estimate of drug-likeness (QED) is 0.369. The average Bonchev–Trinajstić information content (AvgIpc) is 3.24. The number of hydrogen-bond acceptors (Lipinski definition) is 4. The molecule has 0 aliphatic carbocycles. The van der Waals surface area contributed by atoms with Crippen LogP contribution in [0.25, 0.3) is 11.0 Å². The number of fused-ring (bicyclic) bond motifs is 1. The molecule has 1 aliphatic heterocycles. The first-order valence-corrected chi connectivity index (χ1v) is 12.1. The highest BCUT2D eigenvalue weighted by molar-refractivity contribution is 6.31. The van der Waals surface area contributed by atoms with Crippen LogP contribution in [-0.4, -0.2) is 48.4 Å². The Hall–Kier alpha value is -3.12. The number of piperazine rings is 1. The summed E-state index contributed by atoms with van der Waals surface area (Å²) in [4.78, 5) is 18.0. The molecule has 1 aliphatic rings. The summed E-state index contributed by atoms with van der Waals surface area (Å²) in [6, 6.07) is 24.8. The van der Waals surface area contributed by atoms with E-state index in [1.165, 1.54) is 0 Å². The predicted molar refractivity (Wildman–Crippen MR) is 138 cm³/mol. The molecule has 34 heavy (non-hydrogen) atoms. The molecule has 3 aromatic carbocycles. The van der Waals surface area contributed by atoms with Gasteiger partial charge in [0.05, 0.1) is 11.7 Å². The monoisotopic (exact) mass is 473 g/mol. The van der Waals surface area contributed by atoms with Gasteiger partial charge in [0.25, 0.3) is 5.91 Å². The molecule has 1 fully saturated rings. The number of para-hydroxylation sites is 1. The number of hydrogen-bond donors (Lipinski definition) is 1. The van der Waals surface area contributed by atoms with Crippen LogP contribution in [-0.2, 0) is 0 Å². The molecule has 1 N–H and O–H groups in total. The van der Waals surface area contributed by atoms with E-state index in [-0.39, 0.29) is 11.9 Å². The van der Waals surface area contributed by atoms with Gasteiger partial charge in [0.1, 0.15) is 5.58 Å². The molecule has 4 aromatic rings. The number of benzene rings is 3. The van der Waals surface area contributed by atoms with E-state index in [1.54, 1.807) is 0 Å². The molecule has 0 radical (unpaired) electrons. The molecule has 1 saturated heterocycles. The number of anilines is 1. The Morgan fingerprint density at radius 1 is 0.941 bits per heavy atom. The Morgan fingerprint density at radius 3 is 2.35 bits per heavy atom. The number of nitrogens with one attached hydrogen (secondary N) is 1. The van der Waals surface area contributed by atoms with Crippen LogP contribution >= 0.6 is 11.6 Å². The Morgan fingerprint density at radius 2 is 1.62 bits per heavy atom. The second-order valence-electron chi connectivity index (χ2n) is 8.55. The summed E-state index contributed by atoms with van der Waals surface area (Å²) in [7, 11) is 0. The molecule has 0 spiro atoms. The summed E-state index contributed by atoms with van der Waals surface area (Å²) in [5, 5.41) is 4.73. The maximum atomic E-state index is 13.2. The van der Waals surface area contributed by atoms with Crippen LogP contribution in [0.5, 0.6) is 0 Å². The smallest absolute Gasteiger partial charge is 0.255 e. The van der Waals surface area contributed by atoms with Gasteiger partial charge in [0.2, 0.25) is 0 Å². The van der Waals surface area contributed by atoms with Crippen LogP contribution in [0.15, 0.2) is 83.3 Å². The lowest BCUT2D eigenvalue weighted by molar-refractivity contribution is 0.102. The van der Waals surface area contributed by atoms with Gasteiger partial charge in [-0.05, 0) is 42.4 Å². The van der Waals surface area contributed by atoms with Gasteiger partial charge in [-0.3, -0.25) is 9.69 Å². The number of halogens is 1. The maximum Gasteiger partial charge on any atom is 0.255 e. The molecular weight excluding hydrogens is 446 g/mol. The molecule has 6 heteroatoms. The fraction of sp³-hybridized carbons (Fsp3) is 0.250. The van der Waals surface area contributed by atoms with Crippen molar-refractivity contribution in [1.82, 2.24) is 9.80 Å². The largest absolute Gasteiger partial charge is 0.457 e. The van der Waals surface area contributed by atoms with E-state index in [0.29, 0.717) is 22.0 Å². The van der Waals surface area contributed by atoms with Crippen LogP contribution in [0.3, 0.4) is 0 Å². The van der Waals surface area contributed by atoms with Crippen molar-refractivity contribution in [3.63, 3.8) is 0 Å². The van der Waals surface area contributed by atoms with Gasteiger partial charge < -0.3 is 14.6 Å². The Bertz CT molecular complexity index is 1280. The zero-order valence-electron chi connectivity index (χ0n) is 19.2. The van der Waals surface area contributed by atoms with E-state index in [0.717, 1.165) is 49.3 Å². The minimum atomic E-state index is -0.217. The van der Waals surface area contributed by atoms with Gasteiger partial charge in [-0.25, -0.2) is 0 Å². The highest BCUT2D eigenvalue weighted by Crippen LogP contribution is 2.42. The third kappa shape index (κ3) is 4.47. The number of furan rings is 1. The Balaban J connectivity index is 1.62. The van der Waals surface area contributed by atoms with E-state index < -0.39 is 0 Å². The standard InChI is InChI=1S/C28H28ClN3O2/c1-2-31-16-18-32(19-17-31)26(21-12-6-8-14-23(21)29)27-25(22-13-7-9-15-24(22)34-27)30-28(33)20-10-4-3-5-11-20/h3-15,26H,2,16-19H2,1H3,(H,30,33)/t26-/m0/s1. The highest BCUT2D eigenvalue weighted by atomic mass is 35.5. The first-order chi connectivity index (χ1) is 16.7. The van der Waals surface area contributed by atoms with Crippen LogP contribution in [0, 0.1) is 0 Å². The third-order valence-electron chi connectivity index (χ3n) is 6.56. The minimum Gasteiger partial charge on any atom is -0.457 e. The summed E-state index contributed by atoms with van der Waals surface area (Å²) in [6.45, 7) is 6.94. The summed E-state index contributed by atoms with van der Waals surface area (Å²) in [5.74, 6) is 0.547. The number of nitrogens with zero attached hydrogens (tertiary/aromatic N) is 2. The first kappa shape index (κ1) is 22.7. The summed E-state index contributed by atoms with van der Waals surface area (Å²) >= 11 is 6.73. The molecule has 2 heterocycles. The predicted octanol–water partition coefficient (Wildman–Crippen LogP) is 6.07. The molecule has 0 saturated carbocycles. The lowest BCUT2D eigenvalue weighted by Gasteiger charge is -2.38. The molecule has 0 unspecified atom stereocenters. The topological polar surface area (TPSA) is 48.7 Å². The van der Waals surface area contributed by atoms with Gasteiger partial charge in [-0.1, -0.05) is 67.1 Å². The minimum absolute atomic E-state index is 0.165. The second-order valence-corrected chi connectivity index (χ2v) is 8.96. The second kappa shape index (κ2) is 10.0. The number of carbonyl (C=O) groups excluding carboxylic acids is 1. The van der Waals surface area contributed by atoms with Crippen molar-refractivity contribution < 1.29 is 9.21 Å².